The molecule has 0 aliphatic heterocycles. The van der Waals surface area contributed by atoms with Crippen molar-refractivity contribution in [3.63, 3.8) is 0 Å². The Balaban J connectivity index is 0.00000385. The molecule has 10 nitrogen and oxygen atoms in total. The van der Waals surface area contributed by atoms with Crippen LogP contribution < -0.4 is 45.3 Å². The number of nitrogens with one attached hydrogen (secondary N) is 2. The Kier molecular flexibility index (Phi) is 11.6. The van der Waals surface area contributed by atoms with Crippen molar-refractivity contribution in [2.24, 2.45) is 0 Å². The fraction of sp³-hybridized carbons (Fsp3) is 0.381. The summed E-state index contributed by atoms with van der Waals surface area (Å²) in [6, 6.07) is 13.1. The molecule has 1 amide bonds. The van der Waals surface area contributed by atoms with Gasteiger partial charge in [-0.05, 0) is 33.9 Å². The summed E-state index contributed by atoms with van der Waals surface area (Å²) in [5.41, 5.74) is 1.04. The standard InChI is InChI=1S/C21H26N6O4S.Na/c28-16(12-19(30)31)14-23-20(17-8-5-11-32-17)21-24-25-26-27(21)10-4-9-18(29)22-13-15-6-2-1-3-7-15;/h1-3,5-8,11,16,20,23,28H,4,9-10,12-14H2,(H,22,29)(H,30,31);/q;+1/p-1/t16?,20-;/m0./s1. The molecule has 2 aromatic heterocycles. The first-order chi connectivity index (χ1) is 15.5. The van der Waals surface area contributed by atoms with Gasteiger partial charge >= 0.3 is 29.6 Å². The van der Waals surface area contributed by atoms with Gasteiger partial charge in [0.05, 0.1) is 6.10 Å². The Morgan fingerprint density at radius 1 is 1.18 bits per heavy atom. The van der Waals surface area contributed by atoms with E-state index in [9.17, 15) is 19.8 Å². The Bertz CT molecular complexity index is 986. The van der Waals surface area contributed by atoms with Crippen LogP contribution in [0.1, 0.15) is 41.6 Å². The van der Waals surface area contributed by atoms with E-state index in [4.69, 9.17) is 0 Å². The SMILES string of the molecule is O=C([O-])CC(O)CN[C@@H](c1cccs1)c1nnnn1CCCC(=O)NCc1ccccc1.[Na+]. The number of hydrogen-bond donors (Lipinski definition) is 3. The van der Waals surface area contributed by atoms with E-state index < -0.39 is 24.5 Å². The quantitative estimate of drug-likeness (QED) is 0.220. The third-order valence-electron chi connectivity index (χ3n) is 4.71. The van der Waals surface area contributed by atoms with Gasteiger partial charge in [-0.3, -0.25) is 4.79 Å². The summed E-state index contributed by atoms with van der Waals surface area (Å²) in [5.74, 6) is -0.845. The molecule has 0 saturated heterocycles. The predicted molar refractivity (Wildman–Crippen MR) is 115 cm³/mol. The van der Waals surface area contributed by atoms with Gasteiger partial charge in [-0.15, -0.1) is 16.4 Å². The van der Waals surface area contributed by atoms with Crippen molar-refractivity contribution in [1.29, 1.82) is 0 Å². The number of carboxylic acids is 1. The van der Waals surface area contributed by atoms with Crippen molar-refractivity contribution in [2.45, 2.75) is 44.5 Å². The van der Waals surface area contributed by atoms with Crippen molar-refractivity contribution < 1.29 is 49.4 Å². The molecular formula is C21H25N6NaO4S. The van der Waals surface area contributed by atoms with Gasteiger partial charge in [-0.1, -0.05) is 36.4 Å². The molecule has 0 aliphatic carbocycles. The molecule has 2 heterocycles. The second-order valence-corrected chi connectivity index (χ2v) is 8.19. The van der Waals surface area contributed by atoms with Crippen LogP contribution in [0.2, 0.25) is 0 Å². The molecule has 12 heteroatoms. The molecule has 1 unspecified atom stereocenters. The van der Waals surface area contributed by atoms with Crippen LogP contribution in [-0.4, -0.2) is 49.8 Å². The topological polar surface area (TPSA) is 145 Å². The van der Waals surface area contributed by atoms with Crippen LogP contribution in [0.3, 0.4) is 0 Å². The second-order valence-electron chi connectivity index (χ2n) is 7.21. The predicted octanol–water partition coefficient (Wildman–Crippen LogP) is -2.98. The molecule has 2 atom stereocenters. The zero-order chi connectivity index (χ0) is 22.8. The smallest absolute Gasteiger partial charge is 0.550 e. The van der Waals surface area contributed by atoms with E-state index in [-0.39, 0.29) is 42.0 Å². The number of carboxylic acid groups (broad SMARTS) is 1. The number of carbonyl (C=O) groups is 2. The van der Waals surface area contributed by atoms with E-state index in [1.54, 1.807) is 4.68 Å². The number of carbonyl (C=O) groups excluding carboxylic acids is 2. The average Bonchev–Trinajstić information content (AvgIpc) is 3.46. The van der Waals surface area contributed by atoms with Crippen LogP contribution >= 0.6 is 11.3 Å². The molecule has 3 rings (SSSR count). The van der Waals surface area contributed by atoms with Crippen LogP contribution in [0, 0.1) is 0 Å². The number of rotatable bonds is 13. The molecule has 0 bridgehead atoms. The summed E-state index contributed by atoms with van der Waals surface area (Å²) >= 11 is 1.49. The van der Waals surface area contributed by atoms with E-state index in [1.165, 1.54) is 11.3 Å². The van der Waals surface area contributed by atoms with Crippen LogP contribution in [-0.2, 0) is 22.7 Å². The number of amides is 1. The van der Waals surface area contributed by atoms with Gasteiger partial charge in [0.2, 0.25) is 5.91 Å². The van der Waals surface area contributed by atoms with Gasteiger partial charge in [0, 0.05) is 43.3 Å². The number of aryl methyl sites for hydroxylation is 1. The second kappa shape index (κ2) is 14.2. The van der Waals surface area contributed by atoms with Crippen molar-refractivity contribution >= 4 is 23.2 Å². The maximum atomic E-state index is 12.2. The van der Waals surface area contributed by atoms with E-state index >= 15 is 0 Å². The third kappa shape index (κ3) is 8.95. The summed E-state index contributed by atoms with van der Waals surface area (Å²) in [7, 11) is 0. The van der Waals surface area contributed by atoms with Crippen LogP contribution in [0.25, 0.3) is 0 Å². The van der Waals surface area contributed by atoms with Gasteiger partial charge in [-0.2, -0.15) is 0 Å². The first kappa shape index (κ1) is 27.1. The number of nitrogens with zero attached hydrogens (tertiary/aromatic N) is 4. The van der Waals surface area contributed by atoms with E-state index in [1.807, 2.05) is 47.8 Å². The number of hydrogen-bond acceptors (Lipinski definition) is 9. The molecule has 33 heavy (non-hydrogen) atoms. The van der Waals surface area contributed by atoms with Crippen LogP contribution in [0.15, 0.2) is 47.8 Å². The van der Waals surface area contributed by atoms with Crippen LogP contribution in [0.4, 0.5) is 0 Å². The first-order valence-electron chi connectivity index (χ1n) is 10.2. The van der Waals surface area contributed by atoms with Crippen molar-refractivity contribution in [2.75, 3.05) is 6.54 Å². The van der Waals surface area contributed by atoms with Gasteiger partial charge in [0.25, 0.3) is 0 Å². The Morgan fingerprint density at radius 2 is 1.97 bits per heavy atom. The largest absolute Gasteiger partial charge is 1.00 e. The summed E-state index contributed by atoms with van der Waals surface area (Å²) in [6.07, 6.45) is -0.690. The number of aromatic nitrogens is 4. The summed E-state index contributed by atoms with van der Waals surface area (Å²) < 4.78 is 1.62. The normalized spacial score (nSPS) is 12.5. The van der Waals surface area contributed by atoms with Gasteiger partial charge < -0.3 is 25.6 Å². The third-order valence-corrected chi connectivity index (χ3v) is 5.65. The number of thiophene rings is 1. The van der Waals surface area contributed by atoms with Crippen molar-refractivity contribution in [3.05, 3.63) is 64.1 Å². The zero-order valence-corrected chi connectivity index (χ0v) is 21.2. The van der Waals surface area contributed by atoms with Gasteiger partial charge in [0.15, 0.2) is 5.82 Å². The Morgan fingerprint density at radius 3 is 2.67 bits per heavy atom. The molecular weight excluding hydrogens is 455 g/mol. The summed E-state index contributed by atoms with van der Waals surface area (Å²) in [6.45, 7) is 0.950. The minimum atomic E-state index is -1.32. The van der Waals surface area contributed by atoms with Gasteiger partial charge in [0.1, 0.15) is 6.04 Å². The molecule has 3 aromatic rings. The average molecular weight is 481 g/mol. The Hall–Kier alpha value is -2.15. The fourth-order valence-electron chi connectivity index (χ4n) is 3.14. The summed E-state index contributed by atoms with van der Waals surface area (Å²) in [4.78, 5) is 23.8. The number of aliphatic hydroxyl groups excluding tert-OH is 1. The number of tetrazole rings is 1. The number of aliphatic hydroxyl groups is 1. The first-order valence-corrected chi connectivity index (χ1v) is 11.1. The maximum Gasteiger partial charge on any atom is 1.00 e. The molecule has 0 fully saturated rings. The summed E-state index contributed by atoms with van der Waals surface area (Å²) in [5, 5.41) is 40.4. The molecule has 3 N–H and O–H groups in total. The fourth-order valence-corrected chi connectivity index (χ4v) is 3.94. The zero-order valence-electron chi connectivity index (χ0n) is 18.4. The van der Waals surface area contributed by atoms with Crippen molar-refractivity contribution in [3.8, 4) is 0 Å². The van der Waals surface area contributed by atoms with E-state index in [2.05, 4.69) is 26.2 Å². The van der Waals surface area contributed by atoms with E-state index in [0.717, 1.165) is 10.4 Å². The number of benzene rings is 1. The monoisotopic (exact) mass is 480 g/mol. The molecule has 0 aliphatic rings. The Labute approximate surface area is 217 Å². The van der Waals surface area contributed by atoms with Gasteiger partial charge in [-0.25, -0.2) is 4.68 Å². The van der Waals surface area contributed by atoms with E-state index in [0.29, 0.717) is 31.8 Å². The maximum absolute atomic E-state index is 12.2. The molecule has 170 valence electrons. The number of aliphatic carboxylic acids is 1. The van der Waals surface area contributed by atoms with Crippen molar-refractivity contribution in [1.82, 2.24) is 30.8 Å². The van der Waals surface area contributed by atoms with Crippen LogP contribution in [0.5, 0.6) is 0 Å². The molecule has 1 aromatic carbocycles. The minimum Gasteiger partial charge on any atom is -0.550 e. The minimum absolute atomic E-state index is 0. The molecule has 0 saturated carbocycles. The molecule has 0 spiro atoms. The molecule has 0 radical (unpaired) electrons.